The summed E-state index contributed by atoms with van der Waals surface area (Å²) in [5.41, 5.74) is 10.3. The van der Waals surface area contributed by atoms with Crippen molar-refractivity contribution in [2.45, 2.75) is 13.3 Å². The topological polar surface area (TPSA) is 38.0 Å². The molecule has 0 fully saturated rings. The van der Waals surface area contributed by atoms with E-state index in [-0.39, 0.29) is 0 Å². The van der Waals surface area contributed by atoms with E-state index in [9.17, 15) is 0 Å². The van der Waals surface area contributed by atoms with Gasteiger partial charge in [0, 0.05) is 17.9 Å². The van der Waals surface area contributed by atoms with E-state index in [0.717, 1.165) is 29.9 Å². The molecule has 0 aliphatic carbocycles. The Labute approximate surface area is 100 Å². The zero-order valence-electron chi connectivity index (χ0n) is 9.36. The third-order valence-electron chi connectivity index (χ3n) is 2.60. The fraction of sp³-hybridized carbons (Fsp3) is 0.231. The van der Waals surface area contributed by atoms with Crippen molar-refractivity contribution in [3.8, 4) is 0 Å². The highest BCUT2D eigenvalue weighted by atomic mass is 32.1. The summed E-state index contributed by atoms with van der Waals surface area (Å²) in [5, 5.41) is 7.67. The molecule has 0 spiro atoms. The Morgan fingerprint density at radius 1 is 1.31 bits per heavy atom. The molecule has 0 saturated heterocycles. The quantitative estimate of drug-likeness (QED) is 0.794. The van der Waals surface area contributed by atoms with E-state index < -0.39 is 0 Å². The molecule has 1 aromatic carbocycles. The summed E-state index contributed by atoms with van der Waals surface area (Å²) in [6, 6.07) is 8.26. The largest absolute Gasteiger partial charge is 0.398 e. The number of aryl methyl sites for hydroxylation is 1. The van der Waals surface area contributed by atoms with E-state index in [0.29, 0.717) is 0 Å². The lowest BCUT2D eigenvalue weighted by Gasteiger charge is -2.07. The normalized spacial score (nSPS) is 10.3. The van der Waals surface area contributed by atoms with Crippen LogP contribution in [0.1, 0.15) is 11.1 Å². The average Bonchev–Trinajstić information content (AvgIpc) is 2.76. The Morgan fingerprint density at radius 2 is 2.19 bits per heavy atom. The first-order chi connectivity index (χ1) is 7.75. The van der Waals surface area contributed by atoms with Gasteiger partial charge in [-0.3, -0.25) is 0 Å². The van der Waals surface area contributed by atoms with E-state index in [4.69, 9.17) is 5.73 Å². The predicted molar refractivity (Wildman–Crippen MR) is 72.1 cm³/mol. The van der Waals surface area contributed by atoms with Gasteiger partial charge < -0.3 is 11.1 Å². The van der Waals surface area contributed by atoms with Gasteiger partial charge in [-0.15, -0.1) is 0 Å². The van der Waals surface area contributed by atoms with Crippen LogP contribution in [-0.4, -0.2) is 6.54 Å². The van der Waals surface area contributed by atoms with E-state index in [1.54, 1.807) is 11.3 Å². The van der Waals surface area contributed by atoms with Crippen molar-refractivity contribution in [1.29, 1.82) is 0 Å². The molecule has 16 heavy (non-hydrogen) atoms. The molecule has 0 atom stereocenters. The lowest BCUT2D eigenvalue weighted by atomic mass is 10.2. The summed E-state index contributed by atoms with van der Waals surface area (Å²) in [5.74, 6) is 0. The molecule has 2 aromatic rings. The van der Waals surface area contributed by atoms with Gasteiger partial charge in [0.25, 0.3) is 0 Å². The van der Waals surface area contributed by atoms with Crippen LogP contribution in [-0.2, 0) is 6.42 Å². The van der Waals surface area contributed by atoms with Gasteiger partial charge in [-0.2, -0.15) is 11.3 Å². The predicted octanol–water partition coefficient (Wildman–Crippen LogP) is 3.29. The van der Waals surface area contributed by atoms with Crippen molar-refractivity contribution >= 4 is 22.7 Å². The number of hydrogen-bond acceptors (Lipinski definition) is 3. The molecule has 2 nitrogen and oxygen atoms in total. The van der Waals surface area contributed by atoms with Gasteiger partial charge in [0.2, 0.25) is 0 Å². The van der Waals surface area contributed by atoms with Crippen LogP contribution in [0.4, 0.5) is 11.4 Å². The maximum absolute atomic E-state index is 5.85. The molecule has 0 aliphatic rings. The highest BCUT2D eigenvalue weighted by molar-refractivity contribution is 7.07. The molecule has 3 N–H and O–H groups in total. The minimum atomic E-state index is 0.848. The maximum Gasteiger partial charge on any atom is 0.0364 e. The van der Waals surface area contributed by atoms with Crippen LogP contribution in [0.15, 0.2) is 35.0 Å². The highest BCUT2D eigenvalue weighted by Gasteiger charge is 1.97. The number of nitrogen functional groups attached to an aromatic ring is 1. The van der Waals surface area contributed by atoms with E-state index in [1.165, 1.54) is 5.56 Å². The third-order valence-corrected chi connectivity index (χ3v) is 3.33. The van der Waals surface area contributed by atoms with Gasteiger partial charge in [-0.05, 0) is 53.4 Å². The number of anilines is 2. The van der Waals surface area contributed by atoms with Gasteiger partial charge in [0.1, 0.15) is 0 Å². The molecule has 0 bridgehead atoms. The van der Waals surface area contributed by atoms with Crippen LogP contribution in [0, 0.1) is 6.92 Å². The monoisotopic (exact) mass is 232 g/mol. The number of nitrogens with one attached hydrogen (secondary N) is 1. The lowest BCUT2D eigenvalue weighted by Crippen LogP contribution is -2.04. The van der Waals surface area contributed by atoms with Crippen LogP contribution in [0.25, 0.3) is 0 Å². The minimum Gasteiger partial charge on any atom is -0.398 e. The SMILES string of the molecule is Cc1ccc(NCCc2ccsc2)cc1N. The summed E-state index contributed by atoms with van der Waals surface area (Å²) in [4.78, 5) is 0. The second kappa shape index (κ2) is 5.03. The molecule has 1 heterocycles. The summed E-state index contributed by atoms with van der Waals surface area (Å²) >= 11 is 1.74. The number of nitrogens with two attached hydrogens (primary N) is 1. The lowest BCUT2D eigenvalue weighted by molar-refractivity contribution is 1.03. The van der Waals surface area contributed by atoms with E-state index in [1.807, 2.05) is 19.1 Å². The fourth-order valence-corrected chi connectivity index (χ4v) is 2.24. The molecular formula is C13H16N2S. The fourth-order valence-electron chi connectivity index (χ4n) is 1.54. The van der Waals surface area contributed by atoms with Crippen molar-refractivity contribution < 1.29 is 0 Å². The van der Waals surface area contributed by atoms with Crippen LogP contribution >= 0.6 is 11.3 Å². The number of benzene rings is 1. The van der Waals surface area contributed by atoms with Crippen molar-refractivity contribution in [3.05, 3.63) is 46.2 Å². The van der Waals surface area contributed by atoms with Gasteiger partial charge in [-0.1, -0.05) is 6.07 Å². The molecule has 0 aliphatic heterocycles. The standard InChI is InChI=1S/C13H16N2S/c1-10-2-3-12(8-13(10)14)15-6-4-11-5-7-16-9-11/h2-3,5,7-9,15H,4,6,14H2,1H3. The minimum absolute atomic E-state index is 0.848. The van der Waals surface area contributed by atoms with Crippen molar-refractivity contribution in [2.24, 2.45) is 0 Å². The number of rotatable bonds is 4. The van der Waals surface area contributed by atoms with E-state index >= 15 is 0 Å². The van der Waals surface area contributed by atoms with Crippen molar-refractivity contribution in [1.82, 2.24) is 0 Å². The average molecular weight is 232 g/mol. The third kappa shape index (κ3) is 2.76. The summed E-state index contributed by atoms with van der Waals surface area (Å²) in [6.45, 7) is 2.96. The summed E-state index contributed by atoms with van der Waals surface area (Å²) < 4.78 is 0. The van der Waals surface area contributed by atoms with Gasteiger partial charge in [-0.25, -0.2) is 0 Å². The van der Waals surface area contributed by atoms with Crippen LogP contribution in [0.5, 0.6) is 0 Å². The Bertz CT molecular complexity index is 449. The molecule has 0 radical (unpaired) electrons. The Morgan fingerprint density at radius 3 is 2.88 bits per heavy atom. The molecule has 2 rings (SSSR count). The first-order valence-electron chi connectivity index (χ1n) is 5.37. The van der Waals surface area contributed by atoms with Crippen molar-refractivity contribution in [2.75, 3.05) is 17.6 Å². The van der Waals surface area contributed by atoms with Gasteiger partial charge >= 0.3 is 0 Å². The maximum atomic E-state index is 5.85. The molecule has 0 amide bonds. The van der Waals surface area contributed by atoms with Gasteiger partial charge in [0.05, 0.1) is 0 Å². The molecule has 0 unspecified atom stereocenters. The van der Waals surface area contributed by atoms with Gasteiger partial charge in [0.15, 0.2) is 0 Å². The molecule has 1 aromatic heterocycles. The number of hydrogen-bond donors (Lipinski definition) is 2. The number of thiophene rings is 1. The zero-order chi connectivity index (χ0) is 11.4. The molecular weight excluding hydrogens is 216 g/mol. The van der Waals surface area contributed by atoms with Crippen LogP contribution < -0.4 is 11.1 Å². The van der Waals surface area contributed by atoms with Crippen LogP contribution in [0.3, 0.4) is 0 Å². The first kappa shape index (κ1) is 11.0. The molecule has 3 heteroatoms. The smallest absolute Gasteiger partial charge is 0.0364 e. The second-order valence-corrected chi connectivity index (χ2v) is 4.66. The van der Waals surface area contributed by atoms with E-state index in [2.05, 4.69) is 28.2 Å². The Hall–Kier alpha value is -1.48. The Balaban J connectivity index is 1.87. The summed E-state index contributed by atoms with van der Waals surface area (Å²) in [6.07, 6.45) is 1.05. The Kier molecular flexibility index (Phi) is 3.47. The van der Waals surface area contributed by atoms with Crippen molar-refractivity contribution in [3.63, 3.8) is 0 Å². The molecule has 84 valence electrons. The highest BCUT2D eigenvalue weighted by Crippen LogP contribution is 2.17. The second-order valence-electron chi connectivity index (χ2n) is 3.88. The molecule has 0 saturated carbocycles. The van der Waals surface area contributed by atoms with Crippen LogP contribution in [0.2, 0.25) is 0 Å². The summed E-state index contributed by atoms with van der Waals surface area (Å²) in [7, 11) is 0. The zero-order valence-corrected chi connectivity index (χ0v) is 10.2. The first-order valence-corrected chi connectivity index (χ1v) is 6.31.